The summed E-state index contributed by atoms with van der Waals surface area (Å²) in [6.45, 7) is 1.81. The molecule has 0 spiro atoms. The Morgan fingerprint density at radius 3 is 3.05 bits per heavy atom. The third-order valence-corrected chi connectivity index (χ3v) is 4.08. The van der Waals surface area contributed by atoms with Crippen LogP contribution in [-0.4, -0.2) is 9.38 Å². The van der Waals surface area contributed by atoms with Gasteiger partial charge in [-0.3, -0.25) is 4.40 Å². The quantitative estimate of drug-likeness (QED) is 0.655. The van der Waals surface area contributed by atoms with Gasteiger partial charge in [-0.2, -0.15) is 4.98 Å². The summed E-state index contributed by atoms with van der Waals surface area (Å²) in [7, 11) is 0. The van der Waals surface area contributed by atoms with Crippen molar-refractivity contribution in [1.29, 1.82) is 0 Å². The van der Waals surface area contributed by atoms with Crippen molar-refractivity contribution in [2.24, 2.45) is 0 Å². The maximum atomic E-state index is 13.1. The number of hydrogen-bond donors (Lipinski definition) is 0. The number of ether oxygens (including phenoxy) is 1. The van der Waals surface area contributed by atoms with Crippen LogP contribution in [0.4, 0.5) is 4.39 Å². The molecule has 0 saturated carbocycles. The van der Waals surface area contributed by atoms with Crippen LogP contribution in [0.25, 0.3) is 4.96 Å². The summed E-state index contributed by atoms with van der Waals surface area (Å²) >= 11 is 4.99. The Balaban J connectivity index is 2.02. The van der Waals surface area contributed by atoms with E-state index in [1.165, 1.54) is 12.1 Å². The van der Waals surface area contributed by atoms with Gasteiger partial charge in [0.25, 0.3) is 0 Å². The molecule has 0 radical (unpaired) electrons. The molecule has 3 aromatic rings. The molecular formula is C13H10BrFN2OS. The van der Waals surface area contributed by atoms with Gasteiger partial charge in [0.2, 0.25) is 5.88 Å². The molecule has 0 aliphatic heterocycles. The first-order valence-electron chi connectivity index (χ1n) is 5.63. The first-order chi connectivity index (χ1) is 9.19. The van der Waals surface area contributed by atoms with Crippen LogP contribution >= 0.6 is 27.3 Å². The van der Waals surface area contributed by atoms with Crippen molar-refractivity contribution < 1.29 is 9.13 Å². The van der Waals surface area contributed by atoms with Crippen molar-refractivity contribution in [3.8, 4) is 11.6 Å². The lowest BCUT2D eigenvalue weighted by molar-refractivity contribution is 0.456. The third-order valence-electron chi connectivity index (χ3n) is 2.79. The van der Waals surface area contributed by atoms with E-state index in [0.29, 0.717) is 17.0 Å². The van der Waals surface area contributed by atoms with Crippen molar-refractivity contribution in [3.63, 3.8) is 0 Å². The Morgan fingerprint density at radius 1 is 1.47 bits per heavy atom. The topological polar surface area (TPSA) is 26.5 Å². The van der Waals surface area contributed by atoms with Gasteiger partial charge in [0.15, 0.2) is 4.96 Å². The van der Waals surface area contributed by atoms with Gasteiger partial charge in [0.1, 0.15) is 11.6 Å². The molecule has 0 aliphatic carbocycles. The van der Waals surface area contributed by atoms with E-state index in [0.717, 1.165) is 16.2 Å². The van der Waals surface area contributed by atoms with E-state index in [9.17, 15) is 4.39 Å². The number of alkyl halides is 1. The average molecular weight is 341 g/mol. The molecule has 2 aromatic heterocycles. The zero-order valence-electron chi connectivity index (χ0n) is 10.1. The minimum atomic E-state index is -0.267. The Bertz CT molecular complexity index is 737. The lowest BCUT2D eigenvalue weighted by atomic mass is 10.2. The average Bonchev–Trinajstić information content (AvgIpc) is 2.92. The fourth-order valence-electron chi connectivity index (χ4n) is 1.85. The van der Waals surface area contributed by atoms with Crippen LogP contribution in [0.2, 0.25) is 0 Å². The Kier molecular flexibility index (Phi) is 3.28. The van der Waals surface area contributed by atoms with Gasteiger partial charge in [-0.05, 0) is 30.7 Å². The summed E-state index contributed by atoms with van der Waals surface area (Å²) in [5.41, 5.74) is 1.69. The molecule has 98 valence electrons. The lowest BCUT2D eigenvalue weighted by Gasteiger charge is -2.07. The SMILES string of the molecule is Cc1cc(F)ccc1Oc1nc2sccn2c1CBr. The zero-order valence-corrected chi connectivity index (χ0v) is 12.5. The third kappa shape index (κ3) is 2.26. The van der Waals surface area contributed by atoms with Gasteiger partial charge >= 0.3 is 0 Å². The molecule has 19 heavy (non-hydrogen) atoms. The molecule has 0 amide bonds. The van der Waals surface area contributed by atoms with Crippen molar-refractivity contribution in [2.45, 2.75) is 12.3 Å². The highest BCUT2D eigenvalue weighted by Crippen LogP contribution is 2.31. The molecule has 0 aliphatic rings. The summed E-state index contributed by atoms with van der Waals surface area (Å²) < 4.78 is 20.9. The molecule has 2 heterocycles. The Hall–Kier alpha value is -1.40. The molecule has 0 unspecified atom stereocenters. The number of imidazole rings is 1. The predicted molar refractivity (Wildman–Crippen MR) is 76.9 cm³/mol. The van der Waals surface area contributed by atoms with E-state index in [-0.39, 0.29) is 5.82 Å². The number of hydrogen-bond acceptors (Lipinski definition) is 3. The second-order valence-corrected chi connectivity index (χ2v) is 5.50. The molecule has 3 rings (SSSR count). The molecule has 0 atom stereocenters. The molecule has 1 aromatic carbocycles. The first-order valence-corrected chi connectivity index (χ1v) is 7.63. The van der Waals surface area contributed by atoms with E-state index in [1.54, 1.807) is 17.4 Å². The highest BCUT2D eigenvalue weighted by Gasteiger charge is 2.15. The van der Waals surface area contributed by atoms with E-state index >= 15 is 0 Å². The second-order valence-electron chi connectivity index (χ2n) is 4.06. The molecule has 0 saturated heterocycles. The standard InChI is InChI=1S/C13H10BrFN2OS/c1-8-6-9(15)2-3-11(8)18-12-10(7-14)17-4-5-19-13(17)16-12/h2-6H,7H2,1H3. The molecular weight excluding hydrogens is 331 g/mol. The van der Waals surface area contributed by atoms with Gasteiger partial charge in [-0.15, -0.1) is 11.3 Å². The van der Waals surface area contributed by atoms with E-state index in [1.807, 2.05) is 22.9 Å². The van der Waals surface area contributed by atoms with E-state index < -0.39 is 0 Å². The maximum Gasteiger partial charge on any atom is 0.243 e. The van der Waals surface area contributed by atoms with Crippen LogP contribution < -0.4 is 4.74 Å². The predicted octanol–water partition coefficient (Wildman–Crippen LogP) is 4.53. The van der Waals surface area contributed by atoms with E-state index in [4.69, 9.17) is 4.74 Å². The van der Waals surface area contributed by atoms with Gasteiger partial charge < -0.3 is 4.74 Å². The summed E-state index contributed by atoms with van der Waals surface area (Å²) in [4.78, 5) is 5.32. The molecule has 0 N–H and O–H groups in total. The van der Waals surface area contributed by atoms with Crippen molar-refractivity contribution in [3.05, 3.63) is 46.9 Å². The van der Waals surface area contributed by atoms with Crippen LogP contribution in [0.5, 0.6) is 11.6 Å². The summed E-state index contributed by atoms with van der Waals surface area (Å²) in [5, 5.41) is 2.61. The van der Waals surface area contributed by atoms with Gasteiger partial charge in [0, 0.05) is 16.9 Å². The first kappa shape index (κ1) is 12.6. The highest BCUT2D eigenvalue weighted by molar-refractivity contribution is 9.08. The number of nitrogens with zero attached hydrogens (tertiary/aromatic N) is 2. The Labute approximate surface area is 121 Å². The summed E-state index contributed by atoms with van der Waals surface area (Å²) in [5.74, 6) is 0.907. The van der Waals surface area contributed by atoms with E-state index in [2.05, 4.69) is 20.9 Å². The number of fused-ring (bicyclic) bond motifs is 1. The zero-order chi connectivity index (χ0) is 13.4. The fourth-order valence-corrected chi connectivity index (χ4v) is 3.08. The van der Waals surface area contributed by atoms with Gasteiger partial charge in [0.05, 0.1) is 5.69 Å². The second kappa shape index (κ2) is 4.94. The fraction of sp³-hybridized carbons (Fsp3) is 0.154. The van der Waals surface area contributed by atoms with Gasteiger partial charge in [-0.25, -0.2) is 4.39 Å². The minimum absolute atomic E-state index is 0.267. The van der Waals surface area contributed by atoms with Crippen molar-refractivity contribution >= 4 is 32.2 Å². The van der Waals surface area contributed by atoms with Crippen molar-refractivity contribution in [2.75, 3.05) is 0 Å². The number of aryl methyl sites for hydroxylation is 1. The Morgan fingerprint density at radius 2 is 2.32 bits per heavy atom. The summed E-state index contributed by atoms with van der Waals surface area (Å²) in [6.07, 6.45) is 1.95. The normalized spacial score (nSPS) is 11.1. The van der Waals surface area contributed by atoms with Crippen LogP contribution in [0.3, 0.4) is 0 Å². The molecule has 3 nitrogen and oxygen atoms in total. The maximum absolute atomic E-state index is 13.1. The highest BCUT2D eigenvalue weighted by atomic mass is 79.9. The van der Waals surface area contributed by atoms with Gasteiger partial charge in [-0.1, -0.05) is 15.9 Å². The van der Waals surface area contributed by atoms with Crippen LogP contribution in [0.15, 0.2) is 29.8 Å². The molecule has 0 bridgehead atoms. The van der Waals surface area contributed by atoms with Crippen LogP contribution in [0.1, 0.15) is 11.3 Å². The van der Waals surface area contributed by atoms with Crippen molar-refractivity contribution in [1.82, 2.24) is 9.38 Å². The monoisotopic (exact) mass is 340 g/mol. The molecule has 0 fully saturated rings. The lowest BCUT2D eigenvalue weighted by Crippen LogP contribution is -1.93. The summed E-state index contributed by atoms with van der Waals surface area (Å²) in [6, 6.07) is 4.45. The number of aromatic nitrogens is 2. The smallest absolute Gasteiger partial charge is 0.243 e. The van der Waals surface area contributed by atoms with Crippen LogP contribution in [-0.2, 0) is 5.33 Å². The minimum Gasteiger partial charge on any atom is -0.437 e. The molecule has 6 heteroatoms. The largest absolute Gasteiger partial charge is 0.437 e. The number of rotatable bonds is 3. The number of thiazole rings is 1. The number of halogens is 2. The van der Waals surface area contributed by atoms with Crippen LogP contribution in [0, 0.1) is 12.7 Å². The number of benzene rings is 1.